The molecule has 0 bridgehead atoms. The van der Waals surface area contributed by atoms with Crippen molar-refractivity contribution in [3.63, 3.8) is 0 Å². The second kappa shape index (κ2) is 7.36. The van der Waals surface area contributed by atoms with Crippen molar-refractivity contribution in [1.29, 1.82) is 0 Å². The molecule has 0 saturated carbocycles. The van der Waals surface area contributed by atoms with Gasteiger partial charge in [0.15, 0.2) is 6.10 Å². The monoisotopic (exact) mass is 285 g/mol. The molecule has 0 aliphatic heterocycles. The van der Waals surface area contributed by atoms with E-state index >= 15 is 0 Å². The average molecular weight is 286 g/mol. The lowest BCUT2D eigenvalue weighted by Crippen LogP contribution is -2.41. The molecule has 0 aromatic heterocycles. The first-order valence-electron chi connectivity index (χ1n) is 6.34. The zero-order valence-electron chi connectivity index (χ0n) is 11.4. The predicted octanol–water partition coefficient (Wildman–Crippen LogP) is 2.51. The number of nitrogens with one attached hydrogen (secondary N) is 1. The minimum atomic E-state index is -0.619. The summed E-state index contributed by atoms with van der Waals surface area (Å²) in [7, 11) is 0. The highest BCUT2D eigenvalue weighted by molar-refractivity contribution is 6.32. The molecule has 0 radical (unpaired) electrons. The van der Waals surface area contributed by atoms with Crippen LogP contribution in [0.4, 0.5) is 0 Å². The molecule has 0 spiro atoms. The van der Waals surface area contributed by atoms with Gasteiger partial charge in [0.25, 0.3) is 5.91 Å². The number of rotatable bonds is 6. The third kappa shape index (κ3) is 4.73. The number of amides is 1. The van der Waals surface area contributed by atoms with E-state index in [1.165, 1.54) is 0 Å². The number of hydrogen-bond acceptors (Lipinski definition) is 3. The summed E-state index contributed by atoms with van der Waals surface area (Å²) in [5, 5.41) is 12.2. The van der Waals surface area contributed by atoms with Crippen LogP contribution in [-0.4, -0.2) is 23.2 Å². The van der Waals surface area contributed by atoms with E-state index in [2.05, 4.69) is 5.32 Å². The Kier molecular flexibility index (Phi) is 6.12. The molecule has 2 unspecified atom stereocenters. The number of ether oxygens (including phenoxy) is 1. The Bertz CT molecular complexity index is 437. The molecule has 0 saturated heterocycles. The number of aliphatic hydroxyl groups excluding tert-OH is 1. The zero-order chi connectivity index (χ0) is 14.4. The van der Waals surface area contributed by atoms with Crippen molar-refractivity contribution in [2.45, 2.75) is 45.9 Å². The summed E-state index contributed by atoms with van der Waals surface area (Å²) in [4.78, 5) is 11.8. The molecule has 106 valence electrons. The van der Waals surface area contributed by atoms with Gasteiger partial charge in [-0.2, -0.15) is 0 Å². The van der Waals surface area contributed by atoms with Crippen LogP contribution >= 0.6 is 11.6 Å². The lowest BCUT2D eigenvalue weighted by atomic mass is 10.2. The van der Waals surface area contributed by atoms with Crippen LogP contribution in [-0.2, 0) is 11.4 Å². The first kappa shape index (κ1) is 15.8. The highest BCUT2D eigenvalue weighted by Crippen LogP contribution is 2.26. The minimum absolute atomic E-state index is 0.0793. The Morgan fingerprint density at radius 2 is 2.16 bits per heavy atom. The van der Waals surface area contributed by atoms with Crippen LogP contribution in [0.5, 0.6) is 5.75 Å². The van der Waals surface area contributed by atoms with Crippen molar-refractivity contribution in [3.05, 3.63) is 28.8 Å². The van der Waals surface area contributed by atoms with Gasteiger partial charge >= 0.3 is 0 Å². The maximum absolute atomic E-state index is 11.8. The second-order valence-corrected chi connectivity index (χ2v) is 4.91. The fourth-order valence-corrected chi connectivity index (χ4v) is 1.69. The Morgan fingerprint density at radius 1 is 1.47 bits per heavy atom. The van der Waals surface area contributed by atoms with Gasteiger partial charge in [0.2, 0.25) is 0 Å². The van der Waals surface area contributed by atoms with Crippen molar-refractivity contribution in [1.82, 2.24) is 5.32 Å². The van der Waals surface area contributed by atoms with Crippen molar-refractivity contribution >= 4 is 17.5 Å². The van der Waals surface area contributed by atoms with Crippen LogP contribution in [0.15, 0.2) is 18.2 Å². The van der Waals surface area contributed by atoms with Gasteiger partial charge in [0.05, 0.1) is 11.6 Å². The summed E-state index contributed by atoms with van der Waals surface area (Å²) in [6.07, 6.45) is 0.246. The highest BCUT2D eigenvalue weighted by atomic mass is 35.5. The number of hydrogen-bond donors (Lipinski definition) is 2. The number of aliphatic hydroxyl groups is 1. The third-order valence-electron chi connectivity index (χ3n) is 2.85. The van der Waals surface area contributed by atoms with E-state index in [9.17, 15) is 4.79 Å². The normalized spacial score (nSPS) is 13.7. The number of carbonyl (C=O) groups excluding carboxylic acids is 1. The highest BCUT2D eigenvalue weighted by Gasteiger charge is 2.17. The van der Waals surface area contributed by atoms with Gasteiger partial charge in [-0.25, -0.2) is 0 Å². The first-order chi connectivity index (χ1) is 8.97. The molecular formula is C14H20ClNO3. The van der Waals surface area contributed by atoms with Crippen molar-refractivity contribution < 1.29 is 14.6 Å². The fourth-order valence-electron chi connectivity index (χ4n) is 1.44. The molecule has 19 heavy (non-hydrogen) atoms. The summed E-state index contributed by atoms with van der Waals surface area (Å²) in [5.41, 5.74) is 0.703. The molecule has 0 fully saturated rings. The molecule has 2 N–H and O–H groups in total. The lowest BCUT2D eigenvalue weighted by Gasteiger charge is -2.18. The van der Waals surface area contributed by atoms with Gasteiger partial charge in [0.1, 0.15) is 5.75 Å². The molecule has 0 heterocycles. The molecule has 4 nitrogen and oxygen atoms in total. The third-order valence-corrected chi connectivity index (χ3v) is 3.15. The largest absolute Gasteiger partial charge is 0.479 e. The summed E-state index contributed by atoms with van der Waals surface area (Å²) in [6.45, 7) is 5.53. The molecule has 0 aliphatic rings. The molecule has 1 rings (SSSR count). The Balaban J connectivity index is 2.66. The van der Waals surface area contributed by atoms with E-state index in [1.54, 1.807) is 25.1 Å². The maximum Gasteiger partial charge on any atom is 0.260 e. The van der Waals surface area contributed by atoms with Gasteiger partial charge in [-0.1, -0.05) is 24.6 Å². The van der Waals surface area contributed by atoms with Crippen molar-refractivity contribution in [2.24, 2.45) is 0 Å². The van der Waals surface area contributed by atoms with Gasteiger partial charge in [-0.3, -0.25) is 4.79 Å². The Labute approximate surface area is 118 Å². The summed E-state index contributed by atoms with van der Waals surface area (Å²) >= 11 is 6.02. The minimum Gasteiger partial charge on any atom is -0.479 e. The summed E-state index contributed by atoms with van der Waals surface area (Å²) < 4.78 is 5.53. The summed E-state index contributed by atoms with van der Waals surface area (Å²) in [5.74, 6) is 0.266. The average Bonchev–Trinajstić information content (AvgIpc) is 2.40. The van der Waals surface area contributed by atoms with E-state index in [-0.39, 0.29) is 18.6 Å². The van der Waals surface area contributed by atoms with Gasteiger partial charge in [-0.15, -0.1) is 0 Å². The number of benzene rings is 1. The molecule has 1 aromatic rings. The molecular weight excluding hydrogens is 266 g/mol. The zero-order valence-corrected chi connectivity index (χ0v) is 12.2. The van der Waals surface area contributed by atoms with Gasteiger partial charge in [0, 0.05) is 6.04 Å². The summed E-state index contributed by atoms with van der Waals surface area (Å²) in [6, 6.07) is 5.10. The molecule has 5 heteroatoms. The van der Waals surface area contributed by atoms with Crippen LogP contribution in [0, 0.1) is 0 Å². The number of carbonyl (C=O) groups is 1. The van der Waals surface area contributed by atoms with Crippen LogP contribution in [0.25, 0.3) is 0 Å². The fraction of sp³-hybridized carbons (Fsp3) is 0.500. The van der Waals surface area contributed by atoms with Crippen LogP contribution in [0.1, 0.15) is 32.8 Å². The lowest BCUT2D eigenvalue weighted by molar-refractivity contribution is -0.127. The standard InChI is InChI=1S/C14H20ClNO3/c1-4-9(2)16-14(18)10(3)19-13-6-5-11(8-17)7-12(13)15/h5-7,9-10,17H,4,8H2,1-3H3,(H,16,18). The molecule has 1 aromatic carbocycles. The SMILES string of the molecule is CCC(C)NC(=O)C(C)Oc1ccc(CO)cc1Cl. The number of halogens is 1. The van der Waals surface area contributed by atoms with Crippen molar-refractivity contribution in [3.8, 4) is 5.75 Å². The first-order valence-corrected chi connectivity index (χ1v) is 6.72. The van der Waals surface area contributed by atoms with E-state index in [0.717, 1.165) is 6.42 Å². The Morgan fingerprint density at radius 3 is 2.68 bits per heavy atom. The predicted molar refractivity (Wildman–Crippen MR) is 75.4 cm³/mol. The van der Waals surface area contributed by atoms with E-state index in [0.29, 0.717) is 16.3 Å². The van der Waals surface area contributed by atoms with E-state index in [4.69, 9.17) is 21.4 Å². The van der Waals surface area contributed by atoms with E-state index in [1.807, 2.05) is 13.8 Å². The van der Waals surface area contributed by atoms with Gasteiger partial charge < -0.3 is 15.2 Å². The maximum atomic E-state index is 11.8. The topological polar surface area (TPSA) is 58.6 Å². The molecule has 1 amide bonds. The second-order valence-electron chi connectivity index (χ2n) is 4.50. The quantitative estimate of drug-likeness (QED) is 0.844. The van der Waals surface area contributed by atoms with E-state index < -0.39 is 6.10 Å². The van der Waals surface area contributed by atoms with Crippen molar-refractivity contribution in [2.75, 3.05) is 0 Å². The Hall–Kier alpha value is -1.26. The van der Waals surface area contributed by atoms with Gasteiger partial charge in [-0.05, 0) is 38.0 Å². The van der Waals surface area contributed by atoms with Crippen LogP contribution in [0.2, 0.25) is 5.02 Å². The van der Waals surface area contributed by atoms with Crippen LogP contribution < -0.4 is 10.1 Å². The van der Waals surface area contributed by atoms with Crippen LogP contribution in [0.3, 0.4) is 0 Å². The molecule has 0 aliphatic carbocycles. The smallest absolute Gasteiger partial charge is 0.260 e. The molecule has 2 atom stereocenters.